The summed E-state index contributed by atoms with van der Waals surface area (Å²) in [7, 11) is 5.18. The van der Waals surface area contributed by atoms with E-state index in [9.17, 15) is 9.90 Å². The molecule has 10 nitrogen and oxygen atoms in total. The van der Waals surface area contributed by atoms with E-state index in [2.05, 4.69) is 44.0 Å². The van der Waals surface area contributed by atoms with E-state index in [-0.39, 0.29) is 5.82 Å². The number of nitrogens with one attached hydrogen (secondary N) is 3. The SMILES string of the molecule is COC1=CC=CCC=C1c1c[nH]c2ncc(-c3ccc(NC(=O)Nc4ccon4)c(C(O)N(C)C)c3)cc12. The monoisotopic (exact) mass is 512 g/mol. The molecule has 0 bridgehead atoms. The van der Waals surface area contributed by atoms with Crippen LogP contribution in [0.1, 0.15) is 23.8 Å². The number of hydrogen-bond donors (Lipinski definition) is 4. The summed E-state index contributed by atoms with van der Waals surface area (Å²) in [5, 5.41) is 20.9. The third-order valence-electron chi connectivity index (χ3n) is 6.23. The van der Waals surface area contributed by atoms with Gasteiger partial charge in [-0.1, -0.05) is 29.5 Å². The number of nitrogens with zero attached hydrogens (tertiary/aromatic N) is 3. The van der Waals surface area contributed by atoms with Gasteiger partial charge < -0.3 is 24.7 Å². The predicted octanol–water partition coefficient (Wildman–Crippen LogP) is 5.29. The number of H-pyrrole nitrogens is 1. The molecule has 1 aliphatic rings. The Bertz CT molecular complexity index is 1550. The number of aromatic amines is 1. The Hall–Kier alpha value is -4.67. The molecule has 1 unspecified atom stereocenters. The van der Waals surface area contributed by atoms with Crippen LogP contribution in [0.3, 0.4) is 0 Å². The summed E-state index contributed by atoms with van der Waals surface area (Å²) in [6.45, 7) is 0. The van der Waals surface area contributed by atoms with E-state index in [4.69, 9.17) is 9.26 Å². The summed E-state index contributed by atoms with van der Waals surface area (Å²) in [6, 6.07) is 8.57. The zero-order chi connectivity index (χ0) is 26.6. The Morgan fingerprint density at radius 2 is 2.08 bits per heavy atom. The smallest absolute Gasteiger partial charge is 0.324 e. The normalized spacial score (nSPS) is 14.1. The standard InChI is InChI=1S/C28H28N6O4/c1-34(2)27(35)21-13-17(9-10-23(21)31-28(36)32-25-11-12-38-33-25)18-14-20-22(16-30-26(20)29-15-18)19-7-5-4-6-8-24(19)37-3/h4,6-16,27,35H,5H2,1-3H3,(H,29,30)(H2,31,32,33,36). The van der Waals surface area contributed by atoms with Gasteiger partial charge in [0, 0.05) is 51.8 Å². The van der Waals surface area contributed by atoms with Gasteiger partial charge in [0.15, 0.2) is 5.82 Å². The van der Waals surface area contributed by atoms with Crippen molar-refractivity contribution in [3.8, 4) is 11.1 Å². The predicted molar refractivity (Wildman–Crippen MR) is 146 cm³/mol. The maximum Gasteiger partial charge on any atom is 0.324 e. The Balaban J connectivity index is 1.51. The van der Waals surface area contributed by atoms with E-state index in [0.29, 0.717) is 11.3 Å². The second-order valence-corrected chi connectivity index (χ2v) is 8.94. The molecule has 4 N–H and O–H groups in total. The number of pyridine rings is 1. The molecule has 0 saturated carbocycles. The molecular weight excluding hydrogens is 484 g/mol. The fourth-order valence-corrected chi connectivity index (χ4v) is 4.31. The van der Waals surface area contributed by atoms with Gasteiger partial charge in [0.05, 0.1) is 7.11 Å². The van der Waals surface area contributed by atoms with Crippen LogP contribution in [-0.4, -0.2) is 52.4 Å². The lowest BCUT2D eigenvalue weighted by Gasteiger charge is -2.22. The largest absolute Gasteiger partial charge is 0.496 e. The number of allylic oxidation sites excluding steroid dienone is 5. The molecule has 10 heteroatoms. The van der Waals surface area contributed by atoms with Gasteiger partial charge in [0.25, 0.3) is 0 Å². The van der Waals surface area contributed by atoms with E-state index in [0.717, 1.165) is 45.5 Å². The van der Waals surface area contributed by atoms with E-state index in [1.807, 2.05) is 30.5 Å². The van der Waals surface area contributed by atoms with Gasteiger partial charge in [-0.15, -0.1) is 0 Å². The highest BCUT2D eigenvalue weighted by Gasteiger charge is 2.19. The minimum absolute atomic E-state index is 0.279. The second kappa shape index (κ2) is 10.8. The van der Waals surface area contributed by atoms with Crippen molar-refractivity contribution in [2.45, 2.75) is 12.6 Å². The van der Waals surface area contributed by atoms with Crippen molar-refractivity contribution >= 4 is 34.1 Å². The molecule has 4 aromatic rings. The molecule has 1 aromatic carbocycles. The average Bonchev–Trinajstić information content (AvgIpc) is 3.52. The highest BCUT2D eigenvalue weighted by atomic mass is 16.5. The van der Waals surface area contributed by atoms with E-state index < -0.39 is 12.3 Å². The van der Waals surface area contributed by atoms with Crippen LogP contribution < -0.4 is 10.6 Å². The average molecular weight is 513 g/mol. The molecule has 38 heavy (non-hydrogen) atoms. The fraction of sp³-hybridized carbons (Fsp3) is 0.179. The highest BCUT2D eigenvalue weighted by molar-refractivity contribution is 6.00. The van der Waals surface area contributed by atoms with Crippen molar-refractivity contribution < 1.29 is 19.2 Å². The molecule has 3 heterocycles. The lowest BCUT2D eigenvalue weighted by Crippen LogP contribution is -2.24. The van der Waals surface area contributed by atoms with Crippen LogP contribution in [0.4, 0.5) is 16.3 Å². The van der Waals surface area contributed by atoms with E-state index in [1.165, 1.54) is 12.3 Å². The van der Waals surface area contributed by atoms with Gasteiger partial charge in [-0.3, -0.25) is 10.2 Å². The number of fused-ring (bicyclic) bond motifs is 1. The second-order valence-electron chi connectivity index (χ2n) is 8.94. The lowest BCUT2D eigenvalue weighted by molar-refractivity contribution is 0.0402. The molecule has 0 fully saturated rings. The number of carbonyl (C=O) groups is 1. The fourth-order valence-electron chi connectivity index (χ4n) is 4.31. The summed E-state index contributed by atoms with van der Waals surface area (Å²) >= 11 is 0. The number of aromatic nitrogens is 3. The molecule has 0 radical (unpaired) electrons. The van der Waals surface area contributed by atoms with E-state index >= 15 is 0 Å². The minimum atomic E-state index is -0.963. The summed E-state index contributed by atoms with van der Waals surface area (Å²) in [4.78, 5) is 22.1. The van der Waals surface area contributed by atoms with Crippen LogP contribution in [0.2, 0.25) is 0 Å². The summed E-state index contributed by atoms with van der Waals surface area (Å²) in [5.41, 5.74) is 5.42. The Morgan fingerprint density at radius 1 is 1.21 bits per heavy atom. The topological polar surface area (TPSA) is 129 Å². The minimum Gasteiger partial charge on any atom is -0.496 e. The summed E-state index contributed by atoms with van der Waals surface area (Å²) in [5.74, 6) is 1.06. The van der Waals surface area contributed by atoms with Crippen molar-refractivity contribution in [1.82, 2.24) is 20.0 Å². The molecule has 1 atom stereocenters. The number of anilines is 2. The molecule has 194 valence electrons. The number of benzene rings is 1. The number of ether oxygens (including phenoxy) is 1. The van der Waals surface area contributed by atoms with Crippen LogP contribution in [0.5, 0.6) is 0 Å². The van der Waals surface area contributed by atoms with E-state index in [1.54, 1.807) is 38.4 Å². The zero-order valence-electron chi connectivity index (χ0n) is 21.2. The number of aliphatic hydroxyl groups excluding tert-OH is 1. The Labute approximate surface area is 219 Å². The van der Waals surface area contributed by atoms with Crippen LogP contribution in [0.25, 0.3) is 27.7 Å². The molecule has 1 aliphatic carbocycles. The van der Waals surface area contributed by atoms with Crippen LogP contribution >= 0.6 is 0 Å². The number of aliphatic hydroxyl groups is 1. The quantitative estimate of drug-likeness (QED) is 0.248. The summed E-state index contributed by atoms with van der Waals surface area (Å²) < 4.78 is 10.4. The maximum atomic E-state index is 12.5. The number of methoxy groups -OCH3 is 1. The van der Waals surface area contributed by atoms with Crippen molar-refractivity contribution in [3.63, 3.8) is 0 Å². The number of amides is 2. The highest BCUT2D eigenvalue weighted by Crippen LogP contribution is 2.35. The molecular formula is C28H28N6O4. The number of urea groups is 1. The maximum absolute atomic E-state index is 12.5. The molecule has 2 amide bonds. The van der Waals surface area contributed by atoms with Gasteiger partial charge in [0.1, 0.15) is 23.9 Å². The van der Waals surface area contributed by atoms with Gasteiger partial charge in [-0.25, -0.2) is 9.78 Å². The molecule has 0 spiro atoms. The molecule has 5 rings (SSSR count). The first-order valence-corrected chi connectivity index (χ1v) is 12.0. The first-order valence-electron chi connectivity index (χ1n) is 12.0. The van der Waals surface area contributed by atoms with Crippen molar-refractivity contribution in [2.24, 2.45) is 0 Å². The Morgan fingerprint density at radius 3 is 2.84 bits per heavy atom. The van der Waals surface area contributed by atoms with Gasteiger partial charge in [0.2, 0.25) is 0 Å². The third-order valence-corrected chi connectivity index (χ3v) is 6.23. The van der Waals surface area contributed by atoms with Gasteiger partial charge in [-0.05, 0) is 50.4 Å². The molecule has 0 saturated heterocycles. The number of rotatable bonds is 7. The first-order chi connectivity index (χ1) is 18.4. The van der Waals surface area contributed by atoms with Gasteiger partial charge in [-0.2, -0.15) is 0 Å². The third kappa shape index (κ3) is 5.08. The first kappa shape index (κ1) is 25.0. The molecule has 0 aliphatic heterocycles. The number of hydrogen-bond acceptors (Lipinski definition) is 7. The van der Waals surface area contributed by atoms with Crippen molar-refractivity contribution in [2.75, 3.05) is 31.8 Å². The summed E-state index contributed by atoms with van der Waals surface area (Å²) in [6.07, 6.45) is 13.1. The number of carbonyl (C=O) groups excluding carboxylic acids is 1. The van der Waals surface area contributed by atoms with Crippen molar-refractivity contribution in [3.05, 3.63) is 90.2 Å². The van der Waals surface area contributed by atoms with Crippen LogP contribution in [0.15, 0.2) is 83.6 Å². The van der Waals surface area contributed by atoms with Crippen LogP contribution in [0, 0.1) is 0 Å². The Kier molecular flexibility index (Phi) is 7.07. The molecule has 3 aromatic heterocycles. The van der Waals surface area contributed by atoms with Gasteiger partial charge >= 0.3 is 6.03 Å². The lowest BCUT2D eigenvalue weighted by atomic mass is 9.98. The zero-order valence-corrected chi connectivity index (χ0v) is 21.2. The van der Waals surface area contributed by atoms with Crippen LogP contribution in [-0.2, 0) is 4.74 Å². The van der Waals surface area contributed by atoms with Crippen molar-refractivity contribution in [1.29, 1.82) is 0 Å².